The molecule has 0 saturated heterocycles. The second-order valence-electron chi connectivity index (χ2n) is 4.41. The Balaban J connectivity index is 2.05. The minimum absolute atomic E-state index is 0.376. The highest BCUT2D eigenvalue weighted by molar-refractivity contribution is 6.35. The van der Waals surface area contributed by atoms with Crippen LogP contribution in [0.1, 0.15) is 5.56 Å². The van der Waals surface area contributed by atoms with Crippen LogP contribution in [-0.4, -0.2) is 4.98 Å². The number of anilines is 1. The Bertz CT molecular complexity index is 871. The number of nitriles is 1. The Hall–Kier alpha value is -2.77. The number of halogens is 1. The molecule has 0 bridgehead atoms. The first-order chi connectivity index (χ1) is 10.2. The molecule has 3 rings (SSSR count). The average molecular weight is 296 g/mol. The number of fused-ring (bicyclic) bond motifs is 1. The number of aromatic nitrogens is 1. The van der Waals surface area contributed by atoms with E-state index in [4.69, 9.17) is 27.3 Å². The Morgan fingerprint density at radius 2 is 2.05 bits per heavy atom. The van der Waals surface area contributed by atoms with Crippen molar-refractivity contribution in [1.29, 1.82) is 5.26 Å². The first kappa shape index (κ1) is 13.2. The lowest BCUT2D eigenvalue weighted by Gasteiger charge is -2.10. The Labute approximate surface area is 126 Å². The minimum atomic E-state index is 0.376. The van der Waals surface area contributed by atoms with Gasteiger partial charge in [-0.3, -0.25) is 4.98 Å². The summed E-state index contributed by atoms with van der Waals surface area (Å²) in [6.45, 7) is 0. The molecule has 0 atom stereocenters. The second kappa shape index (κ2) is 5.31. The third-order valence-corrected chi connectivity index (χ3v) is 3.38. The summed E-state index contributed by atoms with van der Waals surface area (Å²) in [6.07, 6.45) is 1.68. The lowest BCUT2D eigenvalue weighted by atomic mass is 10.2. The van der Waals surface area contributed by atoms with Crippen LogP contribution in [0.15, 0.2) is 48.7 Å². The van der Waals surface area contributed by atoms with Gasteiger partial charge in [-0.2, -0.15) is 5.26 Å². The molecule has 5 heteroatoms. The highest BCUT2D eigenvalue weighted by atomic mass is 35.5. The maximum atomic E-state index is 8.88. The van der Waals surface area contributed by atoms with Gasteiger partial charge in [0.05, 0.1) is 16.3 Å². The van der Waals surface area contributed by atoms with Crippen LogP contribution in [0.25, 0.3) is 10.9 Å². The predicted molar refractivity (Wildman–Crippen MR) is 82.4 cm³/mol. The van der Waals surface area contributed by atoms with Crippen LogP contribution in [0.2, 0.25) is 5.02 Å². The first-order valence-electron chi connectivity index (χ1n) is 6.20. The Morgan fingerprint density at radius 1 is 1.19 bits per heavy atom. The van der Waals surface area contributed by atoms with Crippen LogP contribution >= 0.6 is 11.6 Å². The zero-order valence-corrected chi connectivity index (χ0v) is 11.6. The van der Waals surface area contributed by atoms with Gasteiger partial charge >= 0.3 is 0 Å². The molecule has 2 N–H and O–H groups in total. The quantitative estimate of drug-likeness (QED) is 0.721. The summed E-state index contributed by atoms with van der Waals surface area (Å²) >= 11 is 6.15. The van der Waals surface area contributed by atoms with Gasteiger partial charge in [-0.25, -0.2) is 0 Å². The van der Waals surface area contributed by atoms with Crippen molar-refractivity contribution in [1.82, 2.24) is 4.98 Å². The molecule has 0 saturated carbocycles. The van der Waals surface area contributed by atoms with E-state index >= 15 is 0 Å². The van der Waals surface area contributed by atoms with E-state index in [0.29, 0.717) is 33.3 Å². The van der Waals surface area contributed by atoms with Gasteiger partial charge in [-0.15, -0.1) is 0 Å². The van der Waals surface area contributed by atoms with E-state index in [1.165, 1.54) is 0 Å². The Kier molecular flexibility index (Phi) is 3.35. The molecule has 1 heterocycles. The molecule has 102 valence electrons. The Morgan fingerprint density at radius 3 is 2.81 bits per heavy atom. The summed E-state index contributed by atoms with van der Waals surface area (Å²) < 4.78 is 5.82. The molecule has 3 aromatic rings. The number of nitrogens with zero attached hydrogens (tertiary/aromatic N) is 2. The number of hydrogen-bond acceptors (Lipinski definition) is 4. The van der Waals surface area contributed by atoms with Gasteiger partial charge in [0, 0.05) is 17.6 Å². The average Bonchev–Trinajstić information content (AvgIpc) is 2.51. The summed E-state index contributed by atoms with van der Waals surface area (Å²) in [6, 6.07) is 14.2. The van der Waals surface area contributed by atoms with E-state index < -0.39 is 0 Å². The molecule has 0 radical (unpaired) electrons. The van der Waals surface area contributed by atoms with Gasteiger partial charge in [0.15, 0.2) is 5.75 Å². The van der Waals surface area contributed by atoms with E-state index in [2.05, 4.69) is 4.98 Å². The smallest absolute Gasteiger partial charge is 0.153 e. The van der Waals surface area contributed by atoms with Crippen molar-refractivity contribution >= 4 is 28.2 Å². The van der Waals surface area contributed by atoms with Gasteiger partial charge in [0.2, 0.25) is 0 Å². The SMILES string of the molecule is N#Cc1ccc(Oc2ccc(Cl)c3cccnc23)cc1N. The summed E-state index contributed by atoms with van der Waals surface area (Å²) in [7, 11) is 0. The summed E-state index contributed by atoms with van der Waals surface area (Å²) in [5.41, 5.74) is 7.25. The molecule has 0 aliphatic rings. The number of pyridine rings is 1. The topological polar surface area (TPSA) is 71.9 Å². The normalized spacial score (nSPS) is 10.3. The van der Waals surface area contributed by atoms with Crippen LogP contribution in [0.4, 0.5) is 5.69 Å². The maximum Gasteiger partial charge on any atom is 0.153 e. The van der Waals surface area contributed by atoms with E-state index in [1.54, 1.807) is 36.5 Å². The van der Waals surface area contributed by atoms with Crippen molar-refractivity contribution in [3.63, 3.8) is 0 Å². The molecular formula is C16H10ClN3O. The van der Waals surface area contributed by atoms with Crippen LogP contribution in [0.3, 0.4) is 0 Å². The predicted octanol–water partition coefficient (Wildman–Crippen LogP) is 4.13. The third kappa shape index (κ3) is 2.47. The molecule has 0 fully saturated rings. The summed E-state index contributed by atoms with van der Waals surface area (Å²) in [4.78, 5) is 4.30. The molecule has 1 aromatic heterocycles. The van der Waals surface area contributed by atoms with E-state index in [1.807, 2.05) is 18.2 Å². The fourth-order valence-electron chi connectivity index (χ4n) is 2.03. The zero-order chi connectivity index (χ0) is 14.8. The first-order valence-corrected chi connectivity index (χ1v) is 6.57. The monoisotopic (exact) mass is 295 g/mol. The van der Waals surface area contributed by atoms with Gasteiger partial charge < -0.3 is 10.5 Å². The largest absolute Gasteiger partial charge is 0.455 e. The van der Waals surface area contributed by atoms with Gasteiger partial charge in [0.25, 0.3) is 0 Å². The van der Waals surface area contributed by atoms with Crippen molar-refractivity contribution in [2.24, 2.45) is 0 Å². The molecule has 4 nitrogen and oxygen atoms in total. The molecule has 2 aromatic carbocycles. The zero-order valence-electron chi connectivity index (χ0n) is 10.9. The van der Waals surface area contributed by atoms with Crippen LogP contribution < -0.4 is 10.5 Å². The lowest BCUT2D eigenvalue weighted by Crippen LogP contribution is -1.93. The fraction of sp³-hybridized carbons (Fsp3) is 0. The second-order valence-corrected chi connectivity index (χ2v) is 4.82. The molecular weight excluding hydrogens is 286 g/mol. The molecule has 0 unspecified atom stereocenters. The van der Waals surface area contributed by atoms with E-state index in [-0.39, 0.29) is 0 Å². The summed E-state index contributed by atoms with van der Waals surface area (Å²) in [5.74, 6) is 1.12. The van der Waals surface area contributed by atoms with E-state index in [0.717, 1.165) is 5.39 Å². The number of ether oxygens (including phenoxy) is 1. The van der Waals surface area contributed by atoms with Crippen LogP contribution in [0.5, 0.6) is 11.5 Å². The maximum absolute atomic E-state index is 8.88. The molecule has 0 aliphatic heterocycles. The number of nitrogens with two attached hydrogens (primary N) is 1. The summed E-state index contributed by atoms with van der Waals surface area (Å²) in [5, 5.41) is 10.3. The van der Waals surface area contributed by atoms with Crippen molar-refractivity contribution < 1.29 is 4.74 Å². The number of rotatable bonds is 2. The van der Waals surface area contributed by atoms with Crippen molar-refractivity contribution in [3.8, 4) is 17.6 Å². The minimum Gasteiger partial charge on any atom is -0.455 e. The molecule has 0 spiro atoms. The van der Waals surface area contributed by atoms with Gasteiger partial charge in [-0.05, 0) is 36.4 Å². The van der Waals surface area contributed by atoms with Crippen molar-refractivity contribution in [3.05, 3.63) is 59.2 Å². The van der Waals surface area contributed by atoms with Crippen LogP contribution in [0, 0.1) is 11.3 Å². The number of benzene rings is 2. The van der Waals surface area contributed by atoms with Gasteiger partial charge in [-0.1, -0.05) is 11.6 Å². The number of hydrogen-bond donors (Lipinski definition) is 1. The van der Waals surface area contributed by atoms with Crippen LogP contribution in [-0.2, 0) is 0 Å². The standard InChI is InChI=1S/C16H10ClN3O/c17-13-5-6-15(16-12(13)2-1-7-20-16)21-11-4-3-10(9-18)14(19)8-11/h1-8H,19H2. The molecule has 0 amide bonds. The highest BCUT2D eigenvalue weighted by Crippen LogP contribution is 2.33. The molecule has 21 heavy (non-hydrogen) atoms. The highest BCUT2D eigenvalue weighted by Gasteiger charge is 2.08. The third-order valence-electron chi connectivity index (χ3n) is 3.05. The van der Waals surface area contributed by atoms with Gasteiger partial charge in [0.1, 0.15) is 17.3 Å². The van der Waals surface area contributed by atoms with E-state index in [9.17, 15) is 0 Å². The molecule has 0 aliphatic carbocycles. The fourth-order valence-corrected chi connectivity index (χ4v) is 2.24. The lowest BCUT2D eigenvalue weighted by molar-refractivity contribution is 0.487. The number of nitrogen functional groups attached to an aromatic ring is 1. The van der Waals surface area contributed by atoms with Crippen molar-refractivity contribution in [2.45, 2.75) is 0 Å². The van der Waals surface area contributed by atoms with Crippen molar-refractivity contribution in [2.75, 3.05) is 5.73 Å².